The number of rotatable bonds is 6. The highest BCUT2D eigenvalue weighted by Crippen LogP contribution is 2.43. The van der Waals surface area contributed by atoms with E-state index < -0.39 is 0 Å². The van der Waals surface area contributed by atoms with E-state index in [1.165, 1.54) is 28.6 Å². The Morgan fingerprint density at radius 1 is 0.742 bits per heavy atom. The molecule has 0 amide bonds. The average molecular weight is 416 g/mol. The van der Waals surface area contributed by atoms with Crippen molar-refractivity contribution in [1.29, 1.82) is 0 Å². The topological polar surface area (TPSA) is 12.9 Å². The Bertz CT molecular complexity index is 985. The number of para-hydroxylation sites is 1. The SMILES string of the molecule is CC(Cc1ccc2ccccc2n1)[C@@H](C)c1ccc(C(CC(C)(C)C)C(C)(C)C)cc1. The minimum atomic E-state index is 0.259. The minimum absolute atomic E-state index is 0.259. The first kappa shape index (κ1) is 23.5. The third-order valence-corrected chi connectivity index (χ3v) is 6.77. The molecule has 0 aliphatic carbocycles. The van der Waals surface area contributed by atoms with Crippen LogP contribution in [0.25, 0.3) is 10.9 Å². The summed E-state index contributed by atoms with van der Waals surface area (Å²) in [5.41, 5.74) is 5.77. The third-order valence-electron chi connectivity index (χ3n) is 6.77. The van der Waals surface area contributed by atoms with Crippen LogP contribution in [-0.4, -0.2) is 4.98 Å². The maximum Gasteiger partial charge on any atom is 0.0705 e. The molecule has 1 heterocycles. The quantitative estimate of drug-likeness (QED) is 0.392. The van der Waals surface area contributed by atoms with Gasteiger partial charge in [0, 0.05) is 11.1 Å². The number of hydrogen-bond acceptors (Lipinski definition) is 1. The molecule has 31 heavy (non-hydrogen) atoms. The molecular formula is C30H41N. The van der Waals surface area contributed by atoms with Gasteiger partial charge in [0.1, 0.15) is 0 Å². The number of benzene rings is 2. The van der Waals surface area contributed by atoms with E-state index in [4.69, 9.17) is 4.98 Å². The second kappa shape index (κ2) is 9.15. The lowest BCUT2D eigenvalue weighted by Crippen LogP contribution is -2.23. The summed E-state index contributed by atoms with van der Waals surface area (Å²) in [5, 5.41) is 1.21. The summed E-state index contributed by atoms with van der Waals surface area (Å²) in [6.45, 7) is 18.9. The third kappa shape index (κ3) is 6.19. The summed E-state index contributed by atoms with van der Waals surface area (Å²) >= 11 is 0. The molecule has 3 rings (SSSR count). The molecule has 2 aromatic carbocycles. The maximum absolute atomic E-state index is 4.89. The molecule has 0 bridgehead atoms. The normalized spacial score (nSPS) is 15.6. The molecule has 0 aliphatic rings. The van der Waals surface area contributed by atoms with Gasteiger partial charge in [0.05, 0.1) is 5.52 Å². The number of pyridine rings is 1. The summed E-state index contributed by atoms with van der Waals surface area (Å²) in [6, 6.07) is 22.3. The molecule has 1 nitrogen and oxygen atoms in total. The first-order valence-electron chi connectivity index (χ1n) is 11.9. The zero-order chi connectivity index (χ0) is 22.8. The van der Waals surface area contributed by atoms with Crippen molar-refractivity contribution in [2.45, 2.75) is 80.1 Å². The lowest BCUT2D eigenvalue weighted by atomic mass is 9.69. The Hall–Kier alpha value is -2.15. The fraction of sp³-hybridized carbons (Fsp3) is 0.500. The molecule has 0 N–H and O–H groups in total. The van der Waals surface area contributed by atoms with Gasteiger partial charge in [-0.2, -0.15) is 0 Å². The van der Waals surface area contributed by atoms with Gasteiger partial charge in [-0.05, 0) is 64.7 Å². The van der Waals surface area contributed by atoms with Crippen LogP contribution in [0.5, 0.6) is 0 Å². The van der Waals surface area contributed by atoms with Crippen molar-refractivity contribution in [3.05, 3.63) is 77.5 Å². The van der Waals surface area contributed by atoms with Crippen LogP contribution >= 0.6 is 0 Å². The average Bonchev–Trinajstić information content (AvgIpc) is 2.70. The Morgan fingerprint density at radius 2 is 1.35 bits per heavy atom. The predicted octanol–water partition coefficient (Wildman–Crippen LogP) is 8.78. The molecule has 0 saturated carbocycles. The van der Waals surface area contributed by atoms with Gasteiger partial charge in [0.15, 0.2) is 0 Å². The fourth-order valence-corrected chi connectivity index (χ4v) is 4.63. The molecule has 0 radical (unpaired) electrons. The lowest BCUT2D eigenvalue weighted by Gasteiger charge is -2.36. The van der Waals surface area contributed by atoms with Crippen molar-refractivity contribution < 1.29 is 0 Å². The summed E-state index contributed by atoms with van der Waals surface area (Å²) in [5.74, 6) is 1.60. The molecule has 0 saturated heterocycles. The van der Waals surface area contributed by atoms with Gasteiger partial charge in [-0.1, -0.05) is 104 Å². The van der Waals surface area contributed by atoms with Crippen molar-refractivity contribution in [2.75, 3.05) is 0 Å². The Balaban J connectivity index is 1.74. The zero-order valence-corrected chi connectivity index (χ0v) is 20.9. The largest absolute Gasteiger partial charge is 0.253 e. The van der Waals surface area contributed by atoms with Crippen molar-refractivity contribution in [3.63, 3.8) is 0 Å². The standard InChI is InChI=1S/C30H41N/c1-21(19-26-18-17-25-11-9-10-12-28(25)31-26)22(2)23-13-15-24(16-14-23)27(30(6,7)8)20-29(3,4)5/h9-18,21-22,27H,19-20H2,1-8H3/t21?,22-,27?/m1/s1. The highest BCUT2D eigenvalue weighted by Gasteiger charge is 2.30. The summed E-state index contributed by atoms with van der Waals surface area (Å²) in [7, 11) is 0. The van der Waals surface area contributed by atoms with Crippen molar-refractivity contribution in [2.24, 2.45) is 16.7 Å². The first-order chi connectivity index (χ1) is 14.4. The maximum atomic E-state index is 4.89. The van der Waals surface area contributed by atoms with Gasteiger partial charge in [-0.15, -0.1) is 0 Å². The van der Waals surface area contributed by atoms with E-state index in [0.29, 0.717) is 23.2 Å². The Kier molecular flexibility index (Phi) is 6.94. The second-order valence-corrected chi connectivity index (χ2v) is 11.8. The molecule has 2 unspecified atom stereocenters. The van der Waals surface area contributed by atoms with Crippen LogP contribution in [0.4, 0.5) is 0 Å². The molecule has 0 aliphatic heterocycles. The molecule has 1 heteroatoms. The van der Waals surface area contributed by atoms with Gasteiger partial charge in [0.2, 0.25) is 0 Å². The second-order valence-electron chi connectivity index (χ2n) is 11.8. The number of nitrogens with zero attached hydrogens (tertiary/aromatic N) is 1. The molecule has 166 valence electrons. The van der Waals surface area contributed by atoms with Gasteiger partial charge in [0.25, 0.3) is 0 Å². The lowest BCUT2D eigenvalue weighted by molar-refractivity contribution is 0.229. The first-order valence-corrected chi connectivity index (χ1v) is 11.9. The molecule has 0 fully saturated rings. The van der Waals surface area contributed by atoms with Gasteiger partial charge in [-0.25, -0.2) is 0 Å². The van der Waals surface area contributed by atoms with Crippen LogP contribution in [0.3, 0.4) is 0 Å². The predicted molar refractivity (Wildman–Crippen MR) is 136 cm³/mol. The number of aromatic nitrogens is 1. The smallest absolute Gasteiger partial charge is 0.0705 e. The molecule has 1 aromatic heterocycles. The fourth-order valence-electron chi connectivity index (χ4n) is 4.63. The van der Waals surface area contributed by atoms with Crippen molar-refractivity contribution in [1.82, 2.24) is 4.98 Å². The van der Waals surface area contributed by atoms with E-state index in [2.05, 4.69) is 116 Å². The summed E-state index contributed by atoms with van der Waals surface area (Å²) in [6.07, 6.45) is 2.21. The zero-order valence-electron chi connectivity index (χ0n) is 20.9. The molecular weight excluding hydrogens is 374 g/mol. The van der Waals surface area contributed by atoms with E-state index >= 15 is 0 Å². The number of hydrogen-bond donors (Lipinski definition) is 0. The Morgan fingerprint density at radius 3 is 1.97 bits per heavy atom. The minimum Gasteiger partial charge on any atom is -0.253 e. The highest BCUT2D eigenvalue weighted by molar-refractivity contribution is 5.78. The van der Waals surface area contributed by atoms with Crippen LogP contribution < -0.4 is 0 Å². The van der Waals surface area contributed by atoms with E-state index in [9.17, 15) is 0 Å². The monoisotopic (exact) mass is 415 g/mol. The van der Waals surface area contributed by atoms with Crippen molar-refractivity contribution in [3.8, 4) is 0 Å². The molecule has 3 aromatic rings. The van der Waals surface area contributed by atoms with Crippen LogP contribution in [0.2, 0.25) is 0 Å². The van der Waals surface area contributed by atoms with Gasteiger partial charge in [-0.3, -0.25) is 4.98 Å². The van der Waals surface area contributed by atoms with Gasteiger partial charge < -0.3 is 0 Å². The summed E-state index contributed by atoms with van der Waals surface area (Å²) < 4.78 is 0. The molecule has 0 spiro atoms. The van der Waals surface area contributed by atoms with E-state index in [0.717, 1.165) is 11.9 Å². The van der Waals surface area contributed by atoms with E-state index in [1.807, 2.05) is 0 Å². The van der Waals surface area contributed by atoms with E-state index in [-0.39, 0.29) is 5.41 Å². The van der Waals surface area contributed by atoms with Crippen molar-refractivity contribution >= 4 is 10.9 Å². The van der Waals surface area contributed by atoms with Crippen LogP contribution in [-0.2, 0) is 6.42 Å². The highest BCUT2D eigenvalue weighted by atomic mass is 14.7. The van der Waals surface area contributed by atoms with Crippen LogP contribution in [0, 0.1) is 16.7 Å². The van der Waals surface area contributed by atoms with Crippen LogP contribution in [0.15, 0.2) is 60.7 Å². The van der Waals surface area contributed by atoms with E-state index in [1.54, 1.807) is 0 Å². The number of fused-ring (bicyclic) bond motifs is 1. The van der Waals surface area contributed by atoms with Gasteiger partial charge >= 0.3 is 0 Å². The summed E-state index contributed by atoms with van der Waals surface area (Å²) in [4.78, 5) is 4.89. The Labute approximate surface area is 190 Å². The van der Waals surface area contributed by atoms with Crippen LogP contribution in [0.1, 0.15) is 90.5 Å². The molecule has 3 atom stereocenters.